The van der Waals surface area contributed by atoms with Gasteiger partial charge in [-0.1, -0.05) is 108 Å². The number of hydrogen-bond donors (Lipinski definition) is 0. The predicted molar refractivity (Wildman–Crippen MR) is 309 cm³/mol. The van der Waals surface area contributed by atoms with E-state index in [0.29, 0.717) is 77.4 Å². The first kappa shape index (κ1) is 61.3. The van der Waals surface area contributed by atoms with Crippen LogP contribution in [-0.4, -0.2) is 63.4 Å². The summed E-state index contributed by atoms with van der Waals surface area (Å²) in [5, 5.41) is 0. The van der Waals surface area contributed by atoms with Crippen LogP contribution in [0, 0.1) is 13.8 Å². The van der Waals surface area contributed by atoms with Crippen LogP contribution in [0.25, 0.3) is 0 Å². The van der Waals surface area contributed by atoms with E-state index in [1.54, 1.807) is 104 Å². The molecule has 0 N–H and O–H groups in total. The first-order valence-electron chi connectivity index (χ1n) is 28.2. The summed E-state index contributed by atoms with van der Waals surface area (Å²) in [5.41, 5.74) is 6.16. The summed E-state index contributed by atoms with van der Waals surface area (Å²) in [7, 11) is 1.67. The van der Waals surface area contributed by atoms with E-state index in [0.717, 1.165) is 125 Å². The number of methoxy groups -OCH3 is 1. The Morgan fingerprint density at radius 3 is 1.02 bits per heavy atom. The molecule has 1 atom stereocenters. The van der Waals surface area contributed by atoms with Crippen LogP contribution in [0.1, 0.15) is 186 Å². The zero-order valence-electron chi connectivity index (χ0n) is 47.2. The lowest BCUT2D eigenvalue weighted by Gasteiger charge is -2.16. The van der Waals surface area contributed by atoms with E-state index < -0.39 is 12.1 Å². The zero-order valence-corrected chi connectivity index (χ0v) is 47.2. The Morgan fingerprint density at radius 2 is 0.688 bits per heavy atom. The molecule has 0 fully saturated rings. The van der Waals surface area contributed by atoms with Gasteiger partial charge in [0, 0.05) is 11.5 Å². The quantitative estimate of drug-likeness (QED) is 0.0124. The van der Waals surface area contributed by atoms with Crippen molar-refractivity contribution >= 4 is 29.8 Å². The van der Waals surface area contributed by atoms with Gasteiger partial charge in [-0.05, 0) is 178 Å². The lowest BCUT2D eigenvalue weighted by Crippen LogP contribution is -2.09. The zero-order chi connectivity index (χ0) is 56.9. The van der Waals surface area contributed by atoms with Gasteiger partial charge in [0.1, 0.15) is 34.5 Å². The molecule has 13 nitrogen and oxygen atoms in total. The van der Waals surface area contributed by atoms with Crippen molar-refractivity contribution in [1.82, 2.24) is 0 Å². The molecule has 0 aliphatic rings. The average molecular weight is 1090 g/mol. The average Bonchev–Trinajstić information content (AvgIpc) is 3.48. The number of hydrogen-bond acceptors (Lipinski definition) is 13. The van der Waals surface area contributed by atoms with Crippen molar-refractivity contribution in [3.05, 3.63) is 178 Å². The van der Waals surface area contributed by atoms with Gasteiger partial charge in [-0.15, -0.1) is 0 Å². The largest absolute Gasteiger partial charge is 0.508 e. The molecular formula is C67H78O13. The van der Waals surface area contributed by atoms with Crippen molar-refractivity contribution in [2.75, 3.05) is 33.5 Å². The number of aryl methyl sites for hydroxylation is 2. The Balaban J connectivity index is 0.694. The maximum Gasteiger partial charge on any atom is 0.508 e. The van der Waals surface area contributed by atoms with E-state index in [1.807, 2.05) is 32.0 Å². The third-order valence-corrected chi connectivity index (χ3v) is 13.8. The maximum atomic E-state index is 13.1. The Kier molecular flexibility index (Phi) is 25.7. The topological polar surface area (TPSA) is 159 Å². The molecule has 6 rings (SSSR count). The van der Waals surface area contributed by atoms with Crippen molar-refractivity contribution in [3.63, 3.8) is 0 Å². The lowest BCUT2D eigenvalue weighted by molar-refractivity contribution is 0.0488. The summed E-state index contributed by atoms with van der Waals surface area (Å²) >= 11 is 0. The molecule has 0 bridgehead atoms. The van der Waals surface area contributed by atoms with Crippen LogP contribution in [0.4, 0.5) is 4.79 Å². The minimum absolute atomic E-state index is 0.00462. The molecular weight excluding hydrogens is 1010 g/mol. The summed E-state index contributed by atoms with van der Waals surface area (Å²) in [6.07, 6.45) is 15.3. The SMILES string of the molecule is COc1ccc(C(C)c2ccc(OC(=O)c3ccc(Oc4ccc(C(=O)OCCCCCCCCCCOC(=O)OCCCCCCCCCCOC(=O)c5ccc(Oc6ccc(C(C)=O)cc6)cc5)cc4)cc3)c(C)c2)cc1C. The molecule has 0 aliphatic carbocycles. The molecule has 1 unspecified atom stereocenters. The normalized spacial score (nSPS) is 11.3. The number of ketones is 1. The van der Waals surface area contributed by atoms with Gasteiger partial charge in [-0.3, -0.25) is 4.79 Å². The van der Waals surface area contributed by atoms with Gasteiger partial charge in [0.05, 0.1) is 50.2 Å². The van der Waals surface area contributed by atoms with E-state index in [4.69, 9.17) is 37.9 Å². The second-order valence-electron chi connectivity index (χ2n) is 20.1. The fourth-order valence-electron chi connectivity index (χ4n) is 8.96. The Hall–Kier alpha value is -7.93. The second kappa shape index (κ2) is 33.5. The van der Waals surface area contributed by atoms with Gasteiger partial charge in [0.2, 0.25) is 0 Å². The number of Topliss-reactive ketones (excluding diaryl/α,β-unsaturated/α-hetero) is 1. The fraction of sp³-hybridized carbons (Fsp3) is 0.388. The summed E-state index contributed by atoms with van der Waals surface area (Å²) in [6.45, 7) is 9.10. The highest BCUT2D eigenvalue weighted by Crippen LogP contribution is 2.32. The molecule has 80 heavy (non-hydrogen) atoms. The van der Waals surface area contributed by atoms with Crippen LogP contribution in [0.5, 0.6) is 34.5 Å². The minimum Gasteiger partial charge on any atom is -0.496 e. The molecule has 0 saturated carbocycles. The van der Waals surface area contributed by atoms with Crippen molar-refractivity contribution in [2.24, 2.45) is 0 Å². The molecule has 0 aromatic heterocycles. The van der Waals surface area contributed by atoms with Crippen molar-refractivity contribution in [3.8, 4) is 34.5 Å². The van der Waals surface area contributed by atoms with Gasteiger partial charge in [0.15, 0.2) is 5.78 Å². The lowest BCUT2D eigenvalue weighted by atomic mass is 9.91. The van der Waals surface area contributed by atoms with Gasteiger partial charge in [-0.25, -0.2) is 19.2 Å². The molecule has 0 saturated heterocycles. The van der Waals surface area contributed by atoms with Gasteiger partial charge in [-0.2, -0.15) is 0 Å². The smallest absolute Gasteiger partial charge is 0.496 e. The summed E-state index contributed by atoms with van der Waals surface area (Å²) in [5.74, 6) is 2.58. The number of rotatable bonds is 34. The molecule has 0 heterocycles. The third kappa shape index (κ3) is 21.0. The number of esters is 3. The second-order valence-corrected chi connectivity index (χ2v) is 20.1. The van der Waals surface area contributed by atoms with Crippen LogP contribution < -0.4 is 18.9 Å². The molecule has 424 valence electrons. The number of unbranched alkanes of at least 4 members (excludes halogenated alkanes) is 14. The maximum absolute atomic E-state index is 13.1. The highest BCUT2D eigenvalue weighted by atomic mass is 16.7. The summed E-state index contributed by atoms with van der Waals surface area (Å²) in [4.78, 5) is 61.6. The molecule has 6 aromatic rings. The number of carbonyl (C=O) groups excluding carboxylic acids is 5. The highest BCUT2D eigenvalue weighted by Gasteiger charge is 2.16. The van der Waals surface area contributed by atoms with Gasteiger partial charge in [0.25, 0.3) is 0 Å². The van der Waals surface area contributed by atoms with E-state index in [9.17, 15) is 24.0 Å². The van der Waals surface area contributed by atoms with Crippen LogP contribution in [-0.2, 0) is 18.9 Å². The van der Waals surface area contributed by atoms with Crippen molar-refractivity contribution in [1.29, 1.82) is 0 Å². The van der Waals surface area contributed by atoms with Crippen LogP contribution in [0.15, 0.2) is 133 Å². The Labute approximate surface area is 472 Å². The highest BCUT2D eigenvalue weighted by molar-refractivity contribution is 5.94. The Bertz CT molecular complexity index is 2870. The Morgan fingerprint density at radius 1 is 0.375 bits per heavy atom. The van der Waals surface area contributed by atoms with E-state index in [1.165, 1.54) is 12.5 Å². The molecule has 13 heteroatoms. The van der Waals surface area contributed by atoms with Crippen molar-refractivity contribution < 1.29 is 61.9 Å². The first-order chi connectivity index (χ1) is 38.9. The number of carbonyl (C=O) groups is 5. The van der Waals surface area contributed by atoms with Crippen LogP contribution >= 0.6 is 0 Å². The van der Waals surface area contributed by atoms with E-state index in [-0.39, 0.29) is 23.6 Å². The van der Waals surface area contributed by atoms with Crippen molar-refractivity contribution in [2.45, 2.75) is 136 Å². The van der Waals surface area contributed by atoms with Crippen LogP contribution in [0.3, 0.4) is 0 Å². The monoisotopic (exact) mass is 1090 g/mol. The van der Waals surface area contributed by atoms with E-state index in [2.05, 4.69) is 25.1 Å². The number of benzene rings is 6. The molecule has 0 aliphatic heterocycles. The minimum atomic E-state index is -0.598. The molecule has 0 spiro atoms. The first-order valence-corrected chi connectivity index (χ1v) is 28.2. The molecule has 0 radical (unpaired) electrons. The van der Waals surface area contributed by atoms with Gasteiger partial charge >= 0.3 is 24.1 Å². The number of ether oxygens (including phenoxy) is 8. The van der Waals surface area contributed by atoms with Gasteiger partial charge < -0.3 is 37.9 Å². The predicted octanol–water partition coefficient (Wildman–Crippen LogP) is 16.9. The fourth-order valence-corrected chi connectivity index (χ4v) is 8.96. The molecule has 6 aromatic carbocycles. The standard InChI is InChI=1S/C67H78O13/c1-48-46-56(30-40-62(48)73-5)50(3)57-31-41-63(49(2)47-57)80-66(71)55-28-38-61(39-29-55)79-60-36-26-54(27-37-60)65(70)75-43-19-15-11-7-9-13-17-21-45-77-67(72)76-44-20-16-12-8-6-10-14-18-42-74-64(69)53-24-34-59(35-25-53)78-58-32-22-52(23-33-58)51(4)68/h22-41,46-47,50H,6-21,42-45H2,1-5H3. The van der Waals surface area contributed by atoms with E-state index >= 15 is 0 Å². The molecule has 0 amide bonds. The summed E-state index contributed by atoms with van der Waals surface area (Å²) < 4.78 is 44.4. The van der Waals surface area contributed by atoms with Crippen LogP contribution in [0.2, 0.25) is 0 Å². The summed E-state index contributed by atoms with van der Waals surface area (Å²) in [6, 6.07) is 39.3. The third-order valence-electron chi connectivity index (χ3n) is 13.8.